The summed E-state index contributed by atoms with van der Waals surface area (Å²) < 4.78 is 1.74. The Morgan fingerprint density at radius 2 is 1.70 bits per heavy atom. The Morgan fingerprint density at radius 3 is 2.52 bits per heavy atom. The first-order valence-corrected chi connectivity index (χ1v) is 8.46. The normalized spacial score (nSPS) is 11.1. The van der Waals surface area contributed by atoms with E-state index in [1.54, 1.807) is 16.9 Å². The first-order valence-electron chi connectivity index (χ1n) is 8.46. The van der Waals surface area contributed by atoms with Crippen molar-refractivity contribution >= 4 is 16.7 Å². The van der Waals surface area contributed by atoms with Gasteiger partial charge in [-0.25, -0.2) is 9.67 Å². The molecule has 0 spiro atoms. The van der Waals surface area contributed by atoms with E-state index in [9.17, 15) is 0 Å². The standard InChI is InChI=1S/C20H15N7/c21-19-10-7-14(11-22-19)13-5-8-15(9-6-13)27-12-18(24-26-27)20-16-3-1-2-4-17(16)23-25-20/h1-12H,(H2,21,22)(H,23,25). The number of benzene rings is 2. The van der Waals surface area contributed by atoms with Crippen molar-refractivity contribution in [3.8, 4) is 28.2 Å². The van der Waals surface area contributed by atoms with Gasteiger partial charge in [-0.15, -0.1) is 5.10 Å². The summed E-state index contributed by atoms with van der Waals surface area (Å²) in [6, 6.07) is 19.7. The molecule has 3 aromatic heterocycles. The van der Waals surface area contributed by atoms with Crippen molar-refractivity contribution in [1.29, 1.82) is 0 Å². The minimum Gasteiger partial charge on any atom is -0.384 e. The second-order valence-corrected chi connectivity index (χ2v) is 6.18. The van der Waals surface area contributed by atoms with Crippen molar-refractivity contribution in [1.82, 2.24) is 30.2 Å². The molecule has 27 heavy (non-hydrogen) atoms. The summed E-state index contributed by atoms with van der Waals surface area (Å²) in [6.07, 6.45) is 3.64. The van der Waals surface area contributed by atoms with Gasteiger partial charge < -0.3 is 5.73 Å². The molecule has 0 saturated carbocycles. The summed E-state index contributed by atoms with van der Waals surface area (Å²) in [4.78, 5) is 4.13. The van der Waals surface area contributed by atoms with Gasteiger partial charge in [0.15, 0.2) is 0 Å². The number of nitrogen functional groups attached to an aromatic ring is 1. The highest BCUT2D eigenvalue weighted by Gasteiger charge is 2.12. The molecule has 0 saturated heterocycles. The van der Waals surface area contributed by atoms with Crippen LogP contribution < -0.4 is 5.73 Å². The van der Waals surface area contributed by atoms with Crippen LogP contribution in [0.2, 0.25) is 0 Å². The molecule has 3 heterocycles. The number of hydrogen-bond acceptors (Lipinski definition) is 5. The molecule has 0 bridgehead atoms. The third-order valence-electron chi connectivity index (χ3n) is 4.46. The summed E-state index contributed by atoms with van der Waals surface area (Å²) in [7, 11) is 0. The van der Waals surface area contributed by atoms with E-state index in [4.69, 9.17) is 5.73 Å². The highest BCUT2D eigenvalue weighted by atomic mass is 15.4. The highest BCUT2D eigenvalue weighted by molar-refractivity contribution is 5.91. The predicted octanol–water partition coefficient (Wildman–Crippen LogP) is 3.45. The molecule has 0 aliphatic carbocycles. The lowest BCUT2D eigenvalue weighted by molar-refractivity contribution is 0.804. The van der Waals surface area contributed by atoms with Gasteiger partial charge in [-0.2, -0.15) is 5.10 Å². The molecule has 7 nitrogen and oxygen atoms in total. The summed E-state index contributed by atoms with van der Waals surface area (Å²) in [5.74, 6) is 0.511. The van der Waals surface area contributed by atoms with E-state index in [0.29, 0.717) is 5.82 Å². The van der Waals surface area contributed by atoms with E-state index in [0.717, 1.165) is 39.1 Å². The zero-order valence-corrected chi connectivity index (χ0v) is 14.2. The van der Waals surface area contributed by atoms with Gasteiger partial charge in [0.25, 0.3) is 0 Å². The fraction of sp³-hybridized carbons (Fsp3) is 0. The van der Waals surface area contributed by atoms with Gasteiger partial charge in [0.05, 0.1) is 17.4 Å². The molecule has 0 fully saturated rings. The number of hydrogen-bond donors (Lipinski definition) is 2. The zero-order valence-electron chi connectivity index (χ0n) is 14.2. The topological polar surface area (TPSA) is 98.3 Å². The average Bonchev–Trinajstić information content (AvgIpc) is 3.36. The lowest BCUT2D eigenvalue weighted by Gasteiger charge is -2.04. The Bertz CT molecular complexity index is 1220. The van der Waals surface area contributed by atoms with Crippen LogP contribution in [0, 0.1) is 0 Å². The van der Waals surface area contributed by atoms with Crippen molar-refractivity contribution in [2.75, 3.05) is 5.73 Å². The molecule has 5 aromatic rings. The summed E-state index contributed by atoms with van der Waals surface area (Å²) in [5, 5.41) is 17.0. The van der Waals surface area contributed by atoms with Crippen LogP contribution >= 0.6 is 0 Å². The third kappa shape index (κ3) is 2.71. The van der Waals surface area contributed by atoms with Gasteiger partial charge in [0.2, 0.25) is 0 Å². The molecular weight excluding hydrogens is 338 g/mol. The monoisotopic (exact) mass is 353 g/mol. The van der Waals surface area contributed by atoms with Crippen molar-refractivity contribution < 1.29 is 0 Å². The molecule has 0 atom stereocenters. The van der Waals surface area contributed by atoms with Crippen molar-refractivity contribution in [2.45, 2.75) is 0 Å². The summed E-state index contributed by atoms with van der Waals surface area (Å²) in [5.41, 5.74) is 11.1. The zero-order chi connectivity index (χ0) is 18.2. The number of aromatic amines is 1. The number of anilines is 1. The quantitative estimate of drug-likeness (QED) is 0.517. The molecule has 0 amide bonds. The molecule has 5 rings (SSSR count). The number of fused-ring (bicyclic) bond motifs is 1. The fourth-order valence-corrected chi connectivity index (χ4v) is 3.04. The predicted molar refractivity (Wildman–Crippen MR) is 104 cm³/mol. The van der Waals surface area contributed by atoms with Crippen molar-refractivity contribution in [3.05, 3.63) is 73.1 Å². The lowest BCUT2D eigenvalue weighted by atomic mass is 10.1. The number of para-hydroxylation sites is 1. The highest BCUT2D eigenvalue weighted by Crippen LogP contribution is 2.25. The molecule has 0 unspecified atom stereocenters. The van der Waals surface area contributed by atoms with Gasteiger partial charge in [-0.05, 0) is 35.9 Å². The van der Waals surface area contributed by atoms with Crippen LogP contribution in [0.15, 0.2) is 73.1 Å². The number of pyridine rings is 1. The molecule has 7 heteroatoms. The van der Waals surface area contributed by atoms with Gasteiger partial charge in [-0.3, -0.25) is 5.10 Å². The second kappa shape index (κ2) is 6.06. The van der Waals surface area contributed by atoms with E-state index in [1.807, 2.05) is 60.8 Å². The number of nitrogens with one attached hydrogen (secondary N) is 1. The van der Waals surface area contributed by atoms with E-state index < -0.39 is 0 Å². The second-order valence-electron chi connectivity index (χ2n) is 6.18. The van der Waals surface area contributed by atoms with Crippen LogP contribution in [0.25, 0.3) is 39.1 Å². The van der Waals surface area contributed by atoms with Gasteiger partial charge in [0, 0.05) is 17.1 Å². The average molecular weight is 353 g/mol. The molecule has 0 aliphatic rings. The molecule has 3 N–H and O–H groups in total. The SMILES string of the molecule is Nc1ccc(-c2ccc(-n3cc(-c4n[nH]c5ccccc45)nn3)cc2)cn1. The molecule has 0 aliphatic heterocycles. The molecule has 2 aromatic carbocycles. The van der Waals surface area contributed by atoms with Crippen LogP contribution in [-0.2, 0) is 0 Å². The summed E-state index contributed by atoms with van der Waals surface area (Å²) >= 11 is 0. The Morgan fingerprint density at radius 1 is 0.889 bits per heavy atom. The smallest absolute Gasteiger partial charge is 0.134 e. The maximum atomic E-state index is 5.64. The Balaban J connectivity index is 1.47. The Kier molecular flexibility index (Phi) is 3.43. The Hall–Kier alpha value is -4.00. The number of nitrogens with zero attached hydrogens (tertiary/aromatic N) is 5. The maximum absolute atomic E-state index is 5.64. The van der Waals surface area contributed by atoms with Gasteiger partial charge in [-0.1, -0.05) is 35.5 Å². The largest absolute Gasteiger partial charge is 0.384 e. The van der Waals surface area contributed by atoms with E-state index >= 15 is 0 Å². The molecular formula is C20H15N7. The number of rotatable bonds is 3. The Labute approximate surface area is 154 Å². The van der Waals surface area contributed by atoms with Crippen molar-refractivity contribution in [3.63, 3.8) is 0 Å². The van der Waals surface area contributed by atoms with Crippen LogP contribution in [0.1, 0.15) is 0 Å². The number of nitrogens with two attached hydrogens (primary N) is 1. The number of H-pyrrole nitrogens is 1. The lowest BCUT2D eigenvalue weighted by Crippen LogP contribution is -1.94. The number of aromatic nitrogens is 6. The minimum absolute atomic E-state index is 0.511. The maximum Gasteiger partial charge on any atom is 0.134 e. The van der Waals surface area contributed by atoms with Crippen LogP contribution in [0.3, 0.4) is 0 Å². The van der Waals surface area contributed by atoms with E-state index in [-0.39, 0.29) is 0 Å². The van der Waals surface area contributed by atoms with Crippen LogP contribution in [0.5, 0.6) is 0 Å². The van der Waals surface area contributed by atoms with E-state index in [1.165, 1.54) is 0 Å². The van der Waals surface area contributed by atoms with Crippen molar-refractivity contribution in [2.24, 2.45) is 0 Å². The van der Waals surface area contributed by atoms with Crippen LogP contribution in [-0.4, -0.2) is 30.2 Å². The first-order chi connectivity index (χ1) is 13.3. The molecule has 130 valence electrons. The van der Waals surface area contributed by atoms with Crippen LogP contribution in [0.4, 0.5) is 5.82 Å². The summed E-state index contributed by atoms with van der Waals surface area (Å²) in [6.45, 7) is 0. The molecule has 0 radical (unpaired) electrons. The third-order valence-corrected chi connectivity index (χ3v) is 4.46. The first kappa shape index (κ1) is 15.3. The minimum atomic E-state index is 0.511. The van der Waals surface area contributed by atoms with Gasteiger partial charge >= 0.3 is 0 Å². The van der Waals surface area contributed by atoms with Gasteiger partial charge in [0.1, 0.15) is 17.2 Å². The van der Waals surface area contributed by atoms with E-state index in [2.05, 4.69) is 25.5 Å². The fourth-order valence-electron chi connectivity index (χ4n) is 3.04.